The molecule has 0 atom stereocenters. The van der Waals surface area contributed by atoms with E-state index in [-0.39, 0.29) is 11.8 Å². The van der Waals surface area contributed by atoms with Gasteiger partial charge in [-0.05, 0) is 30.3 Å². The molecule has 0 spiro atoms. The van der Waals surface area contributed by atoms with Gasteiger partial charge in [0.15, 0.2) is 0 Å². The third-order valence-electron chi connectivity index (χ3n) is 4.48. The molecule has 2 heterocycles. The standard InChI is InChI=1S/C20H21N5O2/c1-2-19(26)23-17-5-3-4-16(13-17)20(27)25-10-8-24(9-11-25)18-12-15(14-21)6-7-22-18/h3-7,12-13H,2,8-11H2,1H3,(H,23,26). The summed E-state index contributed by atoms with van der Waals surface area (Å²) in [5.74, 6) is 0.617. The lowest BCUT2D eigenvalue weighted by atomic mass is 10.1. The zero-order valence-corrected chi connectivity index (χ0v) is 15.2. The molecule has 27 heavy (non-hydrogen) atoms. The number of nitrogens with one attached hydrogen (secondary N) is 1. The molecule has 1 aromatic heterocycles. The van der Waals surface area contributed by atoms with Crippen LogP contribution in [-0.2, 0) is 4.79 Å². The molecule has 0 bridgehead atoms. The van der Waals surface area contributed by atoms with Crippen molar-refractivity contribution in [2.24, 2.45) is 0 Å². The van der Waals surface area contributed by atoms with Crippen molar-refractivity contribution in [1.82, 2.24) is 9.88 Å². The fraction of sp³-hybridized carbons (Fsp3) is 0.300. The van der Waals surface area contributed by atoms with Gasteiger partial charge in [-0.2, -0.15) is 5.26 Å². The molecule has 0 unspecified atom stereocenters. The highest BCUT2D eigenvalue weighted by Gasteiger charge is 2.23. The molecular weight excluding hydrogens is 342 g/mol. The number of carbonyl (C=O) groups is 2. The molecule has 1 aliphatic heterocycles. The lowest BCUT2D eigenvalue weighted by Gasteiger charge is -2.35. The van der Waals surface area contributed by atoms with E-state index in [2.05, 4.69) is 21.3 Å². The predicted molar refractivity (Wildman–Crippen MR) is 102 cm³/mol. The van der Waals surface area contributed by atoms with Crippen LogP contribution in [0.25, 0.3) is 0 Å². The first kappa shape index (κ1) is 18.4. The number of anilines is 2. The van der Waals surface area contributed by atoms with Crippen LogP contribution in [0.4, 0.5) is 11.5 Å². The van der Waals surface area contributed by atoms with Gasteiger partial charge in [-0.3, -0.25) is 9.59 Å². The second-order valence-electron chi connectivity index (χ2n) is 6.28. The molecule has 1 fully saturated rings. The third-order valence-corrected chi connectivity index (χ3v) is 4.48. The van der Waals surface area contributed by atoms with Crippen molar-refractivity contribution in [3.8, 4) is 6.07 Å². The number of piperazine rings is 1. The number of benzene rings is 1. The highest BCUT2D eigenvalue weighted by Crippen LogP contribution is 2.18. The monoisotopic (exact) mass is 363 g/mol. The second-order valence-corrected chi connectivity index (χ2v) is 6.28. The molecule has 7 heteroatoms. The molecular formula is C20H21N5O2. The minimum absolute atomic E-state index is 0.0546. The predicted octanol–water partition coefficient (Wildman–Crippen LogP) is 2.26. The van der Waals surface area contributed by atoms with E-state index in [9.17, 15) is 9.59 Å². The molecule has 1 saturated heterocycles. The van der Waals surface area contributed by atoms with Crippen molar-refractivity contribution in [1.29, 1.82) is 5.26 Å². The largest absolute Gasteiger partial charge is 0.353 e. The Morgan fingerprint density at radius 3 is 2.67 bits per heavy atom. The Labute approximate surface area is 158 Å². The van der Waals surface area contributed by atoms with Crippen molar-refractivity contribution in [2.45, 2.75) is 13.3 Å². The summed E-state index contributed by atoms with van der Waals surface area (Å²) in [7, 11) is 0. The van der Waals surface area contributed by atoms with Gasteiger partial charge in [0.1, 0.15) is 5.82 Å². The number of amides is 2. The molecule has 0 saturated carbocycles. The van der Waals surface area contributed by atoms with Gasteiger partial charge in [-0.15, -0.1) is 0 Å². The number of nitriles is 1. The Bertz CT molecular complexity index is 882. The second kappa shape index (κ2) is 8.32. The molecule has 1 aromatic carbocycles. The van der Waals surface area contributed by atoms with Crippen LogP contribution in [0.15, 0.2) is 42.6 Å². The van der Waals surface area contributed by atoms with Crippen molar-refractivity contribution >= 4 is 23.3 Å². The first-order valence-corrected chi connectivity index (χ1v) is 8.91. The van der Waals surface area contributed by atoms with Gasteiger partial charge in [-0.1, -0.05) is 13.0 Å². The summed E-state index contributed by atoms with van der Waals surface area (Å²) in [6.07, 6.45) is 2.02. The number of pyridine rings is 1. The average molecular weight is 363 g/mol. The normalized spacial score (nSPS) is 13.8. The van der Waals surface area contributed by atoms with E-state index in [1.54, 1.807) is 54.4 Å². The minimum Gasteiger partial charge on any atom is -0.353 e. The fourth-order valence-corrected chi connectivity index (χ4v) is 2.96. The fourth-order valence-electron chi connectivity index (χ4n) is 2.96. The number of hydrogen-bond acceptors (Lipinski definition) is 5. The summed E-state index contributed by atoms with van der Waals surface area (Å²) >= 11 is 0. The number of aromatic nitrogens is 1. The number of rotatable bonds is 4. The summed E-state index contributed by atoms with van der Waals surface area (Å²) in [5, 5.41) is 11.8. The molecule has 2 aromatic rings. The van der Waals surface area contributed by atoms with E-state index < -0.39 is 0 Å². The van der Waals surface area contributed by atoms with Gasteiger partial charge in [0.05, 0.1) is 11.6 Å². The molecule has 1 aliphatic rings. The summed E-state index contributed by atoms with van der Waals surface area (Å²) in [6.45, 7) is 4.23. The summed E-state index contributed by atoms with van der Waals surface area (Å²) in [4.78, 5) is 32.5. The molecule has 2 amide bonds. The number of hydrogen-bond donors (Lipinski definition) is 1. The summed E-state index contributed by atoms with van der Waals surface area (Å²) in [6, 6.07) is 12.6. The van der Waals surface area contributed by atoms with Crippen LogP contribution in [0.5, 0.6) is 0 Å². The maximum atomic E-state index is 12.8. The molecule has 1 N–H and O–H groups in total. The van der Waals surface area contributed by atoms with Gasteiger partial charge < -0.3 is 15.1 Å². The Kier molecular flexibility index (Phi) is 5.67. The topological polar surface area (TPSA) is 89.3 Å². The Balaban J connectivity index is 1.64. The Hall–Kier alpha value is -3.40. The lowest BCUT2D eigenvalue weighted by Crippen LogP contribution is -2.49. The van der Waals surface area contributed by atoms with Gasteiger partial charge in [0.2, 0.25) is 5.91 Å². The average Bonchev–Trinajstić information content (AvgIpc) is 2.73. The van der Waals surface area contributed by atoms with E-state index in [0.717, 1.165) is 5.82 Å². The molecule has 0 aliphatic carbocycles. The zero-order valence-electron chi connectivity index (χ0n) is 15.2. The first-order valence-electron chi connectivity index (χ1n) is 8.91. The highest BCUT2D eigenvalue weighted by atomic mass is 16.2. The van der Waals surface area contributed by atoms with Crippen LogP contribution < -0.4 is 10.2 Å². The summed E-state index contributed by atoms with van der Waals surface area (Å²) < 4.78 is 0. The smallest absolute Gasteiger partial charge is 0.254 e. The van der Waals surface area contributed by atoms with E-state index in [4.69, 9.17) is 5.26 Å². The van der Waals surface area contributed by atoms with Crippen molar-refractivity contribution in [3.63, 3.8) is 0 Å². The molecule has 0 radical (unpaired) electrons. The van der Waals surface area contributed by atoms with Crippen LogP contribution in [0, 0.1) is 11.3 Å². The quantitative estimate of drug-likeness (QED) is 0.900. The zero-order chi connectivity index (χ0) is 19.2. The van der Waals surface area contributed by atoms with Crippen molar-refractivity contribution in [2.75, 3.05) is 36.4 Å². The molecule has 138 valence electrons. The van der Waals surface area contributed by atoms with Gasteiger partial charge in [-0.25, -0.2) is 4.98 Å². The van der Waals surface area contributed by atoms with E-state index >= 15 is 0 Å². The maximum absolute atomic E-state index is 12.8. The number of carbonyl (C=O) groups excluding carboxylic acids is 2. The third kappa shape index (κ3) is 4.42. The SMILES string of the molecule is CCC(=O)Nc1cccc(C(=O)N2CCN(c3cc(C#N)ccn3)CC2)c1. The van der Waals surface area contributed by atoms with Gasteiger partial charge in [0.25, 0.3) is 5.91 Å². The van der Waals surface area contributed by atoms with Crippen molar-refractivity contribution in [3.05, 3.63) is 53.7 Å². The lowest BCUT2D eigenvalue weighted by molar-refractivity contribution is -0.115. The Morgan fingerprint density at radius 2 is 1.96 bits per heavy atom. The van der Waals surface area contributed by atoms with E-state index in [1.807, 2.05) is 0 Å². The Morgan fingerprint density at radius 1 is 1.19 bits per heavy atom. The van der Waals surface area contributed by atoms with E-state index in [1.165, 1.54) is 0 Å². The molecule has 7 nitrogen and oxygen atoms in total. The van der Waals surface area contributed by atoms with Crippen LogP contribution in [0.2, 0.25) is 0 Å². The van der Waals surface area contributed by atoms with E-state index in [0.29, 0.717) is 49.4 Å². The van der Waals surface area contributed by atoms with Crippen molar-refractivity contribution < 1.29 is 9.59 Å². The first-order chi connectivity index (χ1) is 13.1. The van der Waals surface area contributed by atoms with Crippen LogP contribution in [0.1, 0.15) is 29.3 Å². The van der Waals surface area contributed by atoms with Crippen LogP contribution in [-0.4, -0.2) is 47.9 Å². The van der Waals surface area contributed by atoms with Gasteiger partial charge >= 0.3 is 0 Å². The van der Waals surface area contributed by atoms with Gasteiger partial charge in [0, 0.05) is 50.0 Å². The van der Waals surface area contributed by atoms with Crippen LogP contribution in [0.3, 0.4) is 0 Å². The summed E-state index contributed by atoms with van der Waals surface area (Å²) in [5.41, 5.74) is 1.76. The van der Waals surface area contributed by atoms with Crippen LogP contribution >= 0.6 is 0 Å². The highest BCUT2D eigenvalue weighted by molar-refractivity contribution is 5.97. The molecule has 3 rings (SSSR count). The number of nitrogens with zero attached hydrogens (tertiary/aromatic N) is 4. The minimum atomic E-state index is -0.0830. The maximum Gasteiger partial charge on any atom is 0.254 e.